The van der Waals surface area contributed by atoms with Gasteiger partial charge in [-0.25, -0.2) is 0 Å². The Morgan fingerprint density at radius 3 is 2.05 bits per heavy atom. The number of ketones is 1. The van der Waals surface area contributed by atoms with Gasteiger partial charge in [-0.3, -0.25) is 4.79 Å². The molecule has 0 saturated heterocycles. The first kappa shape index (κ1) is 14.5. The van der Waals surface area contributed by atoms with Gasteiger partial charge in [-0.1, -0.05) is 56.3 Å². The van der Waals surface area contributed by atoms with E-state index in [0.717, 1.165) is 28.7 Å². The SMILES string of the molecule is CCC(C)c1ccc(C(=O)c2c(C)cccc2C)cc1. The fourth-order valence-electron chi connectivity index (χ4n) is 2.52. The van der Waals surface area contributed by atoms with Crippen LogP contribution < -0.4 is 0 Å². The van der Waals surface area contributed by atoms with E-state index in [9.17, 15) is 4.79 Å². The smallest absolute Gasteiger partial charge is 0.193 e. The molecule has 0 aliphatic heterocycles. The summed E-state index contributed by atoms with van der Waals surface area (Å²) in [4.78, 5) is 12.6. The highest BCUT2D eigenvalue weighted by atomic mass is 16.1. The van der Waals surface area contributed by atoms with Crippen LogP contribution in [0.25, 0.3) is 0 Å². The summed E-state index contributed by atoms with van der Waals surface area (Å²) in [5, 5.41) is 0. The molecule has 0 saturated carbocycles. The van der Waals surface area contributed by atoms with Gasteiger partial charge in [0, 0.05) is 11.1 Å². The largest absolute Gasteiger partial charge is 0.289 e. The molecular weight excluding hydrogens is 244 g/mol. The second-order valence-electron chi connectivity index (χ2n) is 5.53. The maximum Gasteiger partial charge on any atom is 0.193 e. The first-order valence-electron chi connectivity index (χ1n) is 7.25. The number of carbonyl (C=O) groups is 1. The first-order chi connectivity index (χ1) is 9.54. The highest BCUT2D eigenvalue weighted by molar-refractivity contribution is 6.10. The van der Waals surface area contributed by atoms with Gasteiger partial charge >= 0.3 is 0 Å². The lowest BCUT2D eigenvalue weighted by atomic mass is 9.92. The molecule has 104 valence electrons. The lowest BCUT2D eigenvalue weighted by molar-refractivity contribution is 0.103. The van der Waals surface area contributed by atoms with Crippen LogP contribution in [0.15, 0.2) is 42.5 Å². The van der Waals surface area contributed by atoms with E-state index in [1.54, 1.807) is 0 Å². The van der Waals surface area contributed by atoms with Crippen molar-refractivity contribution in [3.8, 4) is 0 Å². The van der Waals surface area contributed by atoms with Crippen molar-refractivity contribution in [1.29, 1.82) is 0 Å². The quantitative estimate of drug-likeness (QED) is 0.708. The Bertz CT molecular complexity index is 588. The zero-order valence-electron chi connectivity index (χ0n) is 12.7. The molecule has 0 aliphatic carbocycles. The molecule has 0 heterocycles. The zero-order valence-corrected chi connectivity index (χ0v) is 12.7. The van der Waals surface area contributed by atoms with Crippen LogP contribution in [0.2, 0.25) is 0 Å². The molecule has 0 spiro atoms. The fraction of sp³-hybridized carbons (Fsp3) is 0.316. The molecule has 0 amide bonds. The second kappa shape index (κ2) is 6.04. The molecule has 0 aliphatic rings. The van der Waals surface area contributed by atoms with Gasteiger partial charge in [-0.05, 0) is 42.9 Å². The normalized spacial score (nSPS) is 12.2. The van der Waals surface area contributed by atoms with Gasteiger partial charge in [0.05, 0.1) is 0 Å². The molecule has 2 aromatic rings. The molecule has 0 bridgehead atoms. The van der Waals surface area contributed by atoms with Crippen LogP contribution in [0.5, 0.6) is 0 Å². The summed E-state index contributed by atoms with van der Waals surface area (Å²) in [7, 11) is 0. The van der Waals surface area contributed by atoms with Gasteiger partial charge in [0.2, 0.25) is 0 Å². The summed E-state index contributed by atoms with van der Waals surface area (Å²) < 4.78 is 0. The maximum atomic E-state index is 12.6. The Hall–Kier alpha value is -1.89. The van der Waals surface area contributed by atoms with E-state index in [1.807, 2.05) is 44.2 Å². The van der Waals surface area contributed by atoms with Crippen LogP contribution in [0.1, 0.15) is 58.8 Å². The highest BCUT2D eigenvalue weighted by Crippen LogP contribution is 2.22. The van der Waals surface area contributed by atoms with Crippen molar-refractivity contribution in [1.82, 2.24) is 0 Å². The molecule has 1 heteroatoms. The summed E-state index contributed by atoms with van der Waals surface area (Å²) in [6, 6.07) is 14.0. The summed E-state index contributed by atoms with van der Waals surface area (Å²) in [6.07, 6.45) is 1.12. The number of benzene rings is 2. The van der Waals surface area contributed by atoms with Crippen LogP contribution >= 0.6 is 0 Å². The van der Waals surface area contributed by atoms with Crippen LogP contribution in [0.3, 0.4) is 0 Å². The highest BCUT2D eigenvalue weighted by Gasteiger charge is 2.14. The standard InChI is InChI=1S/C19H22O/c1-5-13(2)16-9-11-17(12-10-16)19(20)18-14(3)7-6-8-15(18)4/h6-13H,5H2,1-4H3. The van der Waals surface area contributed by atoms with E-state index in [2.05, 4.69) is 26.0 Å². The molecule has 0 fully saturated rings. The van der Waals surface area contributed by atoms with Crippen LogP contribution in [-0.4, -0.2) is 5.78 Å². The lowest BCUT2D eigenvalue weighted by Gasteiger charge is -2.11. The molecule has 2 aromatic carbocycles. The molecule has 20 heavy (non-hydrogen) atoms. The van der Waals surface area contributed by atoms with Crippen molar-refractivity contribution in [3.05, 3.63) is 70.3 Å². The van der Waals surface area contributed by atoms with Crippen LogP contribution in [0, 0.1) is 13.8 Å². The Morgan fingerprint density at radius 2 is 1.55 bits per heavy atom. The van der Waals surface area contributed by atoms with Crippen LogP contribution in [0.4, 0.5) is 0 Å². The van der Waals surface area contributed by atoms with Crippen molar-refractivity contribution in [2.75, 3.05) is 0 Å². The molecule has 1 atom stereocenters. The first-order valence-corrected chi connectivity index (χ1v) is 7.25. The van der Waals surface area contributed by atoms with E-state index >= 15 is 0 Å². The van der Waals surface area contributed by atoms with E-state index in [1.165, 1.54) is 5.56 Å². The molecule has 1 nitrogen and oxygen atoms in total. The third-order valence-electron chi connectivity index (χ3n) is 4.06. The van der Waals surface area contributed by atoms with Gasteiger partial charge in [0.1, 0.15) is 0 Å². The number of hydrogen-bond acceptors (Lipinski definition) is 1. The molecule has 0 radical (unpaired) electrons. The van der Waals surface area contributed by atoms with E-state index in [-0.39, 0.29) is 5.78 Å². The number of rotatable bonds is 4. The number of aryl methyl sites for hydroxylation is 2. The third-order valence-corrected chi connectivity index (χ3v) is 4.06. The minimum absolute atomic E-state index is 0.122. The predicted octanol–water partition coefficient (Wildman–Crippen LogP) is 5.05. The minimum Gasteiger partial charge on any atom is -0.289 e. The monoisotopic (exact) mass is 266 g/mol. The lowest BCUT2D eigenvalue weighted by Crippen LogP contribution is -2.06. The average Bonchev–Trinajstić information content (AvgIpc) is 2.46. The Morgan fingerprint density at radius 1 is 1.00 bits per heavy atom. The summed E-state index contributed by atoms with van der Waals surface area (Å²) in [5.74, 6) is 0.663. The van der Waals surface area contributed by atoms with Gasteiger partial charge < -0.3 is 0 Å². The topological polar surface area (TPSA) is 17.1 Å². The molecule has 0 aromatic heterocycles. The van der Waals surface area contributed by atoms with Crippen LogP contribution in [-0.2, 0) is 0 Å². The Labute approximate surface area is 121 Å². The van der Waals surface area contributed by atoms with Crippen molar-refractivity contribution >= 4 is 5.78 Å². The fourth-order valence-corrected chi connectivity index (χ4v) is 2.52. The van der Waals surface area contributed by atoms with Gasteiger partial charge in [0.15, 0.2) is 5.78 Å². The van der Waals surface area contributed by atoms with Crippen molar-refractivity contribution in [3.63, 3.8) is 0 Å². The van der Waals surface area contributed by atoms with E-state index < -0.39 is 0 Å². The van der Waals surface area contributed by atoms with Crippen molar-refractivity contribution in [2.24, 2.45) is 0 Å². The number of carbonyl (C=O) groups excluding carboxylic acids is 1. The summed E-state index contributed by atoms with van der Waals surface area (Å²) in [6.45, 7) is 8.38. The van der Waals surface area contributed by atoms with Crippen molar-refractivity contribution < 1.29 is 4.79 Å². The molecule has 2 rings (SSSR count). The van der Waals surface area contributed by atoms with E-state index in [4.69, 9.17) is 0 Å². The molecule has 1 unspecified atom stereocenters. The zero-order chi connectivity index (χ0) is 14.7. The van der Waals surface area contributed by atoms with Gasteiger partial charge in [-0.2, -0.15) is 0 Å². The number of hydrogen-bond donors (Lipinski definition) is 0. The second-order valence-corrected chi connectivity index (χ2v) is 5.53. The van der Waals surface area contributed by atoms with Gasteiger partial charge in [-0.15, -0.1) is 0 Å². The molecular formula is C19H22O. The average molecular weight is 266 g/mol. The third kappa shape index (κ3) is 2.82. The Balaban J connectivity index is 2.35. The summed E-state index contributed by atoms with van der Waals surface area (Å²) in [5.41, 5.74) is 4.99. The van der Waals surface area contributed by atoms with Gasteiger partial charge in [0.25, 0.3) is 0 Å². The van der Waals surface area contributed by atoms with Crippen molar-refractivity contribution in [2.45, 2.75) is 40.0 Å². The maximum absolute atomic E-state index is 12.6. The predicted molar refractivity (Wildman–Crippen MR) is 84.5 cm³/mol. The molecule has 0 N–H and O–H groups in total. The minimum atomic E-state index is 0.122. The summed E-state index contributed by atoms with van der Waals surface area (Å²) >= 11 is 0. The van der Waals surface area contributed by atoms with E-state index in [0.29, 0.717) is 5.92 Å². The Kier molecular flexibility index (Phi) is 4.39.